The number of amides is 1. The molecule has 2 aromatic carbocycles. The maximum atomic E-state index is 12.6. The Kier molecular flexibility index (Phi) is 7.75. The minimum atomic E-state index is -0.321. The summed E-state index contributed by atoms with van der Waals surface area (Å²) in [5, 5.41) is 4.00. The van der Waals surface area contributed by atoms with Crippen LogP contribution in [0.5, 0.6) is 11.5 Å². The zero-order valence-corrected chi connectivity index (χ0v) is 21.4. The van der Waals surface area contributed by atoms with Crippen LogP contribution >= 0.6 is 0 Å². The molecule has 3 heterocycles. The normalized spacial score (nSPS) is 11.2. The molecule has 9 nitrogen and oxygen atoms in total. The Morgan fingerprint density at radius 2 is 1.92 bits per heavy atom. The Bertz CT molecular complexity index is 1490. The van der Waals surface area contributed by atoms with E-state index in [-0.39, 0.29) is 18.1 Å². The summed E-state index contributed by atoms with van der Waals surface area (Å²) in [6.07, 6.45) is 5.83. The fraction of sp³-hybridized carbons (Fsp3) is 0.241. The summed E-state index contributed by atoms with van der Waals surface area (Å²) in [6.45, 7) is 2.03. The van der Waals surface area contributed by atoms with Crippen LogP contribution in [0.2, 0.25) is 0 Å². The Morgan fingerprint density at radius 3 is 2.74 bits per heavy atom. The number of hydrogen-bond acceptors (Lipinski definition) is 7. The number of fused-ring (bicyclic) bond motifs is 1. The summed E-state index contributed by atoms with van der Waals surface area (Å²) in [6, 6.07) is 17.6. The molecule has 0 saturated carbocycles. The number of hydrogen-bond donors (Lipinski definition) is 2. The molecule has 9 heteroatoms. The van der Waals surface area contributed by atoms with Crippen molar-refractivity contribution in [3.8, 4) is 11.5 Å². The average Bonchev–Trinajstić information content (AvgIpc) is 3.72. The van der Waals surface area contributed by atoms with E-state index in [0.717, 1.165) is 35.5 Å². The van der Waals surface area contributed by atoms with Crippen LogP contribution in [0.15, 0.2) is 82.2 Å². The fourth-order valence-electron chi connectivity index (χ4n) is 4.40. The Hall–Kier alpha value is -4.50. The van der Waals surface area contributed by atoms with E-state index in [2.05, 4.69) is 38.5 Å². The van der Waals surface area contributed by atoms with E-state index in [0.29, 0.717) is 24.7 Å². The van der Waals surface area contributed by atoms with E-state index in [1.165, 1.54) is 17.2 Å². The molecule has 0 radical (unpaired) electrons. The van der Waals surface area contributed by atoms with Gasteiger partial charge < -0.3 is 28.6 Å². The first-order valence-corrected chi connectivity index (χ1v) is 12.4. The largest absolute Gasteiger partial charge is 0.497 e. The third-order valence-corrected chi connectivity index (χ3v) is 6.41. The predicted octanol–water partition coefficient (Wildman–Crippen LogP) is 4.94. The molecule has 0 aliphatic heterocycles. The molecule has 5 aromatic rings. The Labute approximate surface area is 220 Å². The van der Waals surface area contributed by atoms with Crippen molar-refractivity contribution in [3.63, 3.8) is 0 Å². The van der Waals surface area contributed by atoms with Gasteiger partial charge in [-0.2, -0.15) is 0 Å². The zero-order valence-electron chi connectivity index (χ0n) is 21.4. The number of furan rings is 1. The number of aromatic amines is 1. The van der Waals surface area contributed by atoms with Gasteiger partial charge in [0.05, 0.1) is 33.6 Å². The fourth-order valence-corrected chi connectivity index (χ4v) is 4.40. The molecule has 0 aliphatic rings. The molecule has 0 fully saturated rings. The highest BCUT2D eigenvalue weighted by molar-refractivity contribution is 5.91. The maximum absolute atomic E-state index is 12.6. The van der Waals surface area contributed by atoms with Crippen molar-refractivity contribution in [3.05, 3.63) is 102 Å². The number of ether oxygens (including phenoxy) is 2. The predicted molar refractivity (Wildman–Crippen MR) is 142 cm³/mol. The van der Waals surface area contributed by atoms with E-state index in [1.807, 2.05) is 30.3 Å². The number of aromatic nitrogens is 2. The summed E-state index contributed by atoms with van der Waals surface area (Å²) in [7, 11) is 3.28. The molecule has 5 rings (SSSR count). The van der Waals surface area contributed by atoms with Crippen LogP contribution < -0.4 is 14.8 Å². The number of methoxy groups -OCH3 is 2. The minimum absolute atomic E-state index is 0.227. The lowest BCUT2D eigenvalue weighted by Crippen LogP contribution is -2.26. The topological polar surface area (TPSA) is 106 Å². The highest BCUT2D eigenvalue weighted by atomic mass is 16.5. The quantitative estimate of drug-likeness (QED) is 0.243. The lowest BCUT2D eigenvalue weighted by molar-refractivity contribution is 0.0943. The number of benzene rings is 2. The number of oxazole rings is 1. The highest BCUT2D eigenvalue weighted by Gasteiger charge is 2.18. The van der Waals surface area contributed by atoms with Crippen molar-refractivity contribution in [1.29, 1.82) is 0 Å². The van der Waals surface area contributed by atoms with Crippen molar-refractivity contribution in [2.24, 2.45) is 0 Å². The van der Waals surface area contributed by atoms with Crippen LogP contribution in [0.25, 0.3) is 10.9 Å². The van der Waals surface area contributed by atoms with E-state index in [4.69, 9.17) is 18.3 Å². The van der Waals surface area contributed by atoms with Crippen molar-refractivity contribution in [2.75, 3.05) is 20.8 Å². The summed E-state index contributed by atoms with van der Waals surface area (Å²) in [4.78, 5) is 22.6. The molecule has 38 heavy (non-hydrogen) atoms. The molecule has 2 N–H and O–H groups in total. The average molecular weight is 515 g/mol. The lowest BCUT2D eigenvalue weighted by Gasteiger charge is -2.22. The van der Waals surface area contributed by atoms with Gasteiger partial charge in [0.15, 0.2) is 5.69 Å². The standard InChI is InChI=1S/C29H30N4O5/c1-35-22-10-9-21(27(14-22)36-2)17-33(12-11-20-15-30-25-8-4-3-7-24(20)25)18-28-32-26(19-38-28)29(34)31-16-23-6-5-13-37-23/h3-10,13-15,19,30H,11-12,16-18H2,1-2H3,(H,31,34). The van der Waals surface area contributed by atoms with Gasteiger partial charge >= 0.3 is 0 Å². The molecule has 0 saturated heterocycles. The second kappa shape index (κ2) is 11.7. The smallest absolute Gasteiger partial charge is 0.273 e. The van der Waals surface area contributed by atoms with Gasteiger partial charge in [-0.3, -0.25) is 9.69 Å². The van der Waals surface area contributed by atoms with Gasteiger partial charge in [-0.25, -0.2) is 4.98 Å². The second-order valence-electron chi connectivity index (χ2n) is 8.89. The number of para-hydroxylation sites is 1. The Balaban J connectivity index is 1.31. The van der Waals surface area contributed by atoms with E-state index in [9.17, 15) is 4.79 Å². The van der Waals surface area contributed by atoms with Crippen LogP contribution in [0.3, 0.4) is 0 Å². The maximum Gasteiger partial charge on any atom is 0.273 e. The van der Waals surface area contributed by atoms with E-state index >= 15 is 0 Å². The number of H-pyrrole nitrogens is 1. The van der Waals surface area contributed by atoms with Gasteiger partial charge in [-0.15, -0.1) is 0 Å². The van der Waals surface area contributed by atoms with Crippen LogP contribution in [-0.4, -0.2) is 41.5 Å². The van der Waals surface area contributed by atoms with Crippen LogP contribution in [-0.2, 0) is 26.1 Å². The van der Waals surface area contributed by atoms with Crippen molar-refractivity contribution < 1.29 is 23.1 Å². The van der Waals surface area contributed by atoms with Crippen molar-refractivity contribution in [2.45, 2.75) is 26.1 Å². The Morgan fingerprint density at radius 1 is 1.03 bits per heavy atom. The molecule has 0 atom stereocenters. The van der Waals surface area contributed by atoms with Gasteiger partial charge in [-0.1, -0.05) is 24.3 Å². The molecule has 1 amide bonds. The third kappa shape index (κ3) is 5.90. The van der Waals surface area contributed by atoms with Gasteiger partial charge in [0, 0.05) is 41.8 Å². The van der Waals surface area contributed by atoms with Crippen molar-refractivity contribution >= 4 is 16.8 Å². The summed E-state index contributed by atoms with van der Waals surface area (Å²) in [5.74, 6) is 2.28. The van der Waals surface area contributed by atoms with Crippen LogP contribution in [0, 0.1) is 0 Å². The van der Waals surface area contributed by atoms with Crippen LogP contribution in [0.1, 0.15) is 33.3 Å². The number of nitrogens with one attached hydrogen (secondary N) is 2. The molecule has 0 aliphatic carbocycles. The highest BCUT2D eigenvalue weighted by Crippen LogP contribution is 2.27. The first kappa shape index (κ1) is 25.2. The first-order valence-electron chi connectivity index (χ1n) is 12.4. The molecule has 0 spiro atoms. The van der Waals surface area contributed by atoms with Gasteiger partial charge in [0.2, 0.25) is 5.89 Å². The third-order valence-electron chi connectivity index (χ3n) is 6.41. The molecular weight excluding hydrogens is 484 g/mol. The van der Waals surface area contributed by atoms with Crippen molar-refractivity contribution in [1.82, 2.24) is 20.2 Å². The lowest BCUT2D eigenvalue weighted by atomic mass is 10.1. The molecule has 3 aromatic heterocycles. The zero-order chi connectivity index (χ0) is 26.3. The molecular formula is C29H30N4O5. The monoisotopic (exact) mass is 514 g/mol. The van der Waals surface area contributed by atoms with E-state index < -0.39 is 0 Å². The van der Waals surface area contributed by atoms with Crippen LogP contribution in [0.4, 0.5) is 0 Å². The second-order valence-corrected chi connectivity index (χ2v) is 8.89. The summed E-state index contributed by atoms with van der Waals surface area (Å²) in [5.41, 5.74) is 3.59. The number of carbonyl (C=O) groups excluding carboxylic acids is 1. The van der Waals surface area contributed by atoms with Gasteiger partial charge in [0.1, 0.15) is 23.5 Å². The number of nitrogens with zero attached hydrogens (tertiary/aromatic N) is 2. The first-order chi connectivity index (χ1) is 18.6. The molecule has 0 unspecified atom stereocenters. The number of carbonyl (C=O) groups is 1. The summed E-state index contributed by atoms with van der Waals surface area (Å²) >= 11 is 0. The van der Waals surface area contributed by atoms with Gasteiger partial charge in [-0.05, 0) is 36.2 Å². The van der Waals surface area contributed by atoms with Gasteiger partial charge in [0.25, 0.3) is 5.91 Å². The SMILES string of the molecule is COc1ccc(CN(CCc2c[nH]c3ccccc23)Cc2nc(C(=O)NCc3ccco3)co2)c(OC)c1. The molecule has 0 bridgehead atoms. The minimum Gasteiger partial charge on any atom is -0.497 e. The summed E-state index contributed by atoms with van der Waals surface area (Å²) < 4.78 is 21.9. The molecule has 196 valence electrons. The van der Waals surface area contributed by atoms with E-state index in [1.54, 1.807) is 32.6 Å². The number of rotatable bonds is 12.